The fourth-order valence-electron chi connectivity index (χ4n) is 3.21. The van der Waals surface area contributed by atoms with Crippen LogP contribution in [0.2, 0.25) is 0 Å². The molecular formula is C16H24N2O2S. The Morgan fingerprint density at radius 3 is 2.81 bits per heavy atom. The molecule has 4 nitrogen and oxygen atoms in total. The number of carbonyl (C=O) groups excluding carboxylic acids is 1. The Morgan fingerprint density at radius 2 is 2.24 bits per heavy atom. The summed E-state index contributed by atoms with van der Waals surface area (Å²) in [5.74, 6) is 0.866. The minimum Gasteiger partial charge on any atom is -0.467 e. The summed E-state index contributed by atoms with van der Waals surface area (Å²) >= 11 is 1.91. The lowest BCUT2D eigenvalue weighted by Crippen LogP contribution is -2.46. The third kappa shape index (κ3) is 3.39. The van der Waals surface area contributed by atoms with Gasteiger partial charge in [-0.15, -0.1) is 0 Å². The molecule has 3 rings (SSSR count). The minimum atomic E-state index is 0.00486. The van der Waals surface area contributed by atoms with E-state index in [4.69, 9.17) is 4.42 Å². The quantitative estimate of drug-likeness (QED) is 0.900. The second-order valence-electron chi connectivity index (χ2n) is 6.15. The Hall–Kier alpha value is -1.10. The van der Waals surface area contributed by atoms with Gasteiger partial charge in [-0.1, -0.05) is 0 Å². The zero-order valence-corrected chi connectivity index (χ0v) is 13.6. The highest BCUT2D eigenvalue weighted by Crippen LogP contribution is 2.35. The van der Waals surface area contributed by atoms with Crippen molar-refractivity contribution in [2.45, 2.75) is 62.4 Å². The van der Waals surface area contributed by atoms with Crippen LogP contribution in [-0.2, 0) is 0 Å². The number of hydrogen-bond donors (Lipinski definition) is 1. The van der Waals surface area contributed by atoms with Gasteiger partial charge in [0.2, 0.25) is 0 Å². The van der Waals surface area contributed by atoms with E-state index in [-0.39, 0.29) is 12.1 Å². The van der Waals surface area contributed by atoms with Crippen molar-refractivity contribution in [1.29, 1.82) is 0 Å². The van der Waals surface area contributed by atoms with E-state index < -0.39 is 0 Å². The first-order chi connectivity index (χ1) is 10.2. The Kier molecular flexibility index (Phi) is 4.48. The average molecular weight is 308 g/mol. The summed E-state index contributed by atoms with van der Waals surface area (Å²) < 4.78 is 5.48. The summed E-state index contributed by atoms with van der Waals surface area (Å²) in [6.45, 7) is 2.05. The van der Waals surface area contributed by atoms with Gasteiger partial charge in [-0.3, -0.25) is 0 Å². The molecule has 0 aromatic carbocycles. The predicted octanol–water partition coefficient (Wildman–Crippen LogP) is 3.80. The maximum atomic E-state index is 12.7. The van der Waals surface area contributed by atoms with Gasteiger partial charge in [-0.05, 0) is 57.4 Å². The van der Waals surface area contributed by atoms with Crippen LogP contribution < -0.4 is 5.32 Å². The maximum absolute atomic E-state index is 12.7. The number of nitrogens with zero attached hydrogens (tertiary/aromatic N) is 1. The molecule has 2 aliphatic carbocycles. The lowest BCUT2D eigenvalue weighted by atomic mass is 10.2. The fourth-order valence-corrected chi connectivity index (χ4v) is 4.01. The molecule has 0 bridgehead atoms. The second kappa shape index (κ2) is 6.34. The predicted molar refractivity (Wildman–Crippen MR) is 85.5 cm³/mol. The molecule has 21 heavy (non-hydrogen) atoms. The van der Waals surface area contributed by atoms with E-state index in [2.05, 4.69) is 18.5 Å². The average Bonchev–Trinajstić information content (AvgIpc) is 2.99. The zero-order valence-electron chi connectivity index (χ0n) is 12.7. The van der Waals surface area contributed by atoms with Crippen molar-refractivity contribution in [3.05, 3.63) is 24.2 Å². The summed E-state index contributed by atoms with van der Waals surface area (Å²) in [6, 6.07) is 4.63. The van der Waals surface area contributed by atoms with Gasteiger partial charge in [-0.2, -0.15) is 11.8 Å². The molecule has 2 amide bonds. The lowest BCUT2D eigenvalue weighted by molar-refractivity contribution is 0.163. The Labute approximate surface area is 130 Å². The summed E-state index contributed by atoms with van der Waals surface area (Å²) in [4.78, 5) is 14.7. The van der Waals surface area contributed by atoms with Crippen molar-refractivity contribution in [2.75, 3.05) is 6.26 Å². The van der Waals surface area contributed by atoms with E-state index in [1.54, 1.807) is 6.26 Å². The molecule has 0 saturated heterocycles. The molecule has 2 fully saturated rings. The molecule has 116 valence electrons. The summed E-state index contributed by atoms with van der Waals surface area (Å²) in [7, 11) is 0. The minimum absolute atomic E-state index is 0.00486. The number of urea groups is 1. The third-order valence-electron chi connectivity index (χ3n) is 4.59. The highest BCUT2D eigenvalue weighted by atomic mass is 32.2. The van der Waals surface area contributed by atoms with Crippen molar-refractivity contribution in [3.8, 4) is 0 Å². The van der Waals surface area contributed by atoms with Gasteiger partial charge in [-0.25, -0.2) is 4.79 Å². The largest absolute Gasteiger partial charge is 0.467 e. The third-order valence-corrected chi connectivity index (χ3v) is 5.69. The number of furan rings is 1. The molecule has 1 aromatic rings. The van der Waals surface area contributed by atoms with Crippen molar-refractivity contribution in [1.82, 2.24) is 10.2 Å². The molecule has 0 spiro atoms. The highest BCUT2D eigenvalue weighted by molar-refractivity contribution is 7.99. The van der Waals surface area contributed by atoms with Gasteiger partial charge < -0.3 is 14.6 Å². The van der Waals surface area contributed by atoms with Crippen LogP contribution in [0.3, 0.4) is 0 Å². The van der Waals surface area contributed by atoms with Crippen LogP contribution in [0.15, 0.2) is 22.8 Å². The number of carbonyl (C=O) groups is 1. The molecule has 1 heterocycles. The maximum Gasteiger partial charge on any atom is 0.318 e. The van der Waals surface area contributed by atoms with E-state index in [9.17, 15) is 4.79 Å². The van der Waals surface area contributed by atoms with Crippen LogP contribution >= 0.6 is 11.8 Å². The molecule has 1 aromatic heterocycles. The van der Waals surface area contributed by atoms with Crippen LogP contribution in [0, 0.1) is 0 Å². The van der Waals surface area contributed by atoms with Crippen molar-refractivity contribution in [2.24, 2.45) is 0 Å². The molecule has 1 N–H and O–H groups in total. The fraction of sp³-hybridized carbons (Fsp3) is 0.688. The van der Waals surface area contributed by atoms with Gasteiger partial charge >= 0.3 is 6.03 Å². The SMILES string of the molecule is CS[C@@H]1CC[C@H](NC(=O)N(C2CC2)[C@@H](C)c2ccco2)C1. The van der Waals surface area contributed by atoms with Crippen LogP contribution in [0.25, 0.3) is 0 Å². The molecule has 0 aliphatic heterocycles. The molecule has 2 aliphatic rings. The van der Waals surface area contributed by atoms with Gasteiger partial charge in [0, 0.05) is 17.3 Å². The molecule has 0 unspecified atom stereocenters. The van der Waals surface area contributed by atoms with E-state index in [1.807, 2.05) is 28.8 Å². The standard InChI is InChI=1S/C16H24N2O2S/c1-11(15-4-3-9-20-15)18(13-6-7-13)16(19)17-12-5-8-14(10-12)21-2/h3-4,9,11-14H,5-8,10H2,1-2H3,(H,17,19)/t11-,12-,14+/m0/s1. The smallest absolute Gasteiger partial charge is 0.318 e. The second-order valence-corrected chi connectivity index (χ2v) is 7.29. The molecule has 3 atom stereocenters. The number of thioether (sulfide) groups is 1. The lowest BCUT2D eigenvalue weighted by Gasteiger charge is -2.29. The van der Waals surface area contributed by atoms with Gasteiger partial charge in [0.15, 0.2) is 0 Å². The normalized spacial score (nSPS) is 26.6. The van der Waals surface area contributed by atoms with Crippen LogP contribution in [0.5, 0.6) is 0 Å². The van der Waals surface area contributed by atoms with Gasteiger partial charge in [0.1, 0.15) is 5.76 Å². The molecule has 0 radical (unpaired) electrons. The van der Waals surface area contributed by atoms with Gasteiger partial charge in [0.25, 0.3) is 0 Å². The first-order valence-corrected chi connectivity index (χ1v) is 9.13. The number of amides is 2. The van der Waals surface area contributed by atoms with Crippen LogP contribution in [0.4, 0.5) is 4.79 Å². The molecular weight excluding hydrogens is 284 g/mol. The molecule has 5 heteroatoms. The monoisotopic (exact) mass is 308 g/mol. The van der Waals surface area contributed by atoms with Crippen molar-refractivity contribution in [3.63, 3.8) is 0 Å². The van der Waals surface area contributed by atoms with Gasteiger partial charge in [0.05, 0.1) is 12.3 Å². The number of nitrogens with one attached hydrogen (secondary N) is 1. The topological polar surface area (TPSA) is 45.5 Å². The van der Waals surface area contributed by atoms with Crippen LogP contribution in [-0.4, -0.2) is 34.5 Å². The summed E-state index contributed by atoms with van der Waals surface area (Å²) in [6.07, 6.45) is 9.46. The van der Waals surface area contributed by atoms with Crippen LogP contribution in [0.1, 0.15) is 50.8 Å². The highest BCUT2D eigenvalue weighted by Gasteiger charge is 2.38. The Morgan fingerprint density at radius 1 is 1.43 bits per heavy atom. The zero-order chi connectivity index (χ0) is 14.8. The number of hydrogen-bond acceptors (Lipinski definition) is 3. The van der Waals surface area contributed by atoms with E-state index >= 15 is 0 Å². The Bertz CT molecular complexity index is 473. The van der Waals surface area contributed by atoms with Crippen molar-refractivity contribution < 1.29 is 9.21 Å². The van der Waals surface area contributed by atoms with Crippen molar-refractivity contribution >= 4 is 17.8 Å². The first-order valence-electron chi connectivity index (χ1n) is 7.84. The summed E-state index contributed by atoms with van der Waals surface area (Å²) in [5.41, 5.74) is 0. The van der Waals surface area contributed by atoms with E-state index in [0.717, 1.165) is 31.4 Å². The number of rotatable bonds is 5. The Balaban J connectivity index is 1.63. The van der Waals surface area contributed by atoms with E-state index in [0.29, 0.717) is 17.3 Å². The molecule has 2 saturated carbocycles. The first kappa shape index (κ1) is 14.8. The summed E-state index contributed by atoms with van der Waals surface area (Å²) in [5, 5.41) is 3.94. The van der Waals surface area contributed by atoms with E-state index in [1.165, 1.54) is 6.42 Å².